The fourth-order valence-electron chi connectivity index (χ4n) is 2.80. The van der Waals surface area contributed by atoms with Gasteiger partial charge in [-0.1, -0.05) is 18.9 Å². The lowest BCUT2D eigenvalue weighted by Crippen LogP contribution is -2.33. The van der Waals surface area contributed by atoms with Gasteiger partial charge in [-0.05, 0) is 31.0 Å². The second kappa shape index (κ2) is 7.68. The van der Waals surface area contributed by atoms with Gasteiger partial charge in [-0.3, -0.25) is 19.6 Å². The minimum atomic E-state index is -0.274. The van der Waals surface area contributed by atoms with Crippen molar-refractivity contribution in [2.45, 2.75) is 38.3 Å². The molecule has 0 unspecified atom stereocenters. The number of nitrogens with zero attached hydrogens (tertiary/aromatic N) is 2. The zero-order chi connectivity index (χ0) is 16.8. The molecule has 6 heteroatoms. The summed E-state index contributed by atoms with van der Waals surface area (Å²) in [6.45, 7) is 0.332. The van der Waals surface area contributed by atoms with Crippen LogP contribution >= 0.6 is 0 Å². The van der Waals surface area contributed by atoms with Crippen molar-refractivity contribution < 1.29 is 9.59 Å². The Balaban J connectivity index is 1.61. The van der Waals surface area contributed by atoms with Gasteiger partial charge in [0.05, 0.1) is 23.4 Å². The van der Waals surface area contributed by atoms with E-state index in [9.17, 15) is 9.59 Å². The molecule has 124 valence electrons. The van der Waals surface area contributed by atoms with Crippen LogP contribution in [-0.4, -0.2) is 27.8 Å². The van der Waals surface area contributed by atoms with E-state index in [0.29, 0.717) is 17.7 Å². The molecule has 0 saturated heterocycles. The average Bonchev–Trinajstić information content (AvgIpc) is 3.13. The summed E-state index contributed by atoms with van der Waals surface area (Å²) in [6.07, 6.45) is 8.96. The van der Waals surface area contributed by atoms with Crippen LogP contribution in [0.2, 0.25) is 0 Å². The van der Waals surface area contributed by atoms with Crippen LogP contribution in [0.3, 0.4) is 0 Å². The molecule has 2 amide bonds. The van der Waals surface area contributed by atoms with E-state index < -0.39 is 0 Å². The Morgan fingerprint density at radius 3 is 2.54 bits per heavy atom. The first-order valence-electron chi connectivity index (χ1n) is 8.16. The predicted molar refractivity (Wildman–Crippen MR) is 89.4 cm³/mol. The van der Waals surface area contributed by atoms with Crippen molar-refractivity contribution in [1.82, 2.24) is 20.6 Å². The van der Waals surface area contributed by atoms with E-state index in [1.54, 1.807) is 12.3 Å². The van der Waals surface area contributed by atoms with Gasteiger partial charge in [0.2, 0.25) is 0 Å². The fourth-order valence-corrected chi connectivity index (χ4v) is 2.80. The maximum atomic E-state index is 12.3. The molecule has 0 aromatic carbocycles. The van der Waals surface area contributed by atoms with Crippen LogP contribution in [0.1, 0.15) is 52.1 Å². The Kier molecular flexibility index (Phi) is 5.15. The van der Waals surface area contributed by atoms with Crippen molar-refractivity contribution in [2.24, 2.45) is 0 Å². The number of aromatic nitrogens is 2. The second-order valence-electron chi connectivity index (χ2n) is 5.92. The molecule has 1 fully saturated rings. The van der Waals surface area contributed by atoms with E-state index in [-0.39, 0.29) is 17.9 Å². The highest BCUT2D eigenvalue weighted by Crippen LogP contribution is 2.18. The fraction of sp³-hybridized carbons (Fsp3) is 0.333. The van der Waals surface area contributed by atoms with Crippen molar-refractivity contribution >= 4 is 11.8 Å². The molecular weight excluding hydrogens is 304 g/mol. The number of nitrogens with one attached hydrogen (secondary N) is 2. The van der Waals surface area contributed by atoms with Gasteiger partial charge in [0.25, 0.3) is 11.8 Å². The van der Waals surface area contributed by atoms with Gasteiger partial charge in [0.15, 0.2) is 0 Å². The van der Waals surface area contributed by atoms with E-state index >= 15 is 0 Å². The molecule has 2 N–H and O–H groups in total. The van der Waals surface area contributed by atoms with Crippen molar-refractivity contribution in [1.29, 1.82) is 0 Å². The molecule has 1 aliphatic carbocycles. The monoisotopic (exact) mass is 324 g/mol. The maximum Gasteiger partial charge on any atom is 0.253 e. The molecule has 0 bridgehead atoms. The molecule has 0 atom stereocenters. The van der Waals surface area contributed by atoms with Crippen molar-refractivity contribution in [3.8, 4) is 0 Å². The van der Waals surface area contributed by atoms with Gasteiger partial charge in [-0.2, -0.15) is 0 Å². The van der Waals surface area contributed by atoms with E-state index in [2.05, 4.69) is 20.6 Å². The lowest BCUT2D eigenvalue weighted by Gasteiger charge is -2.12. The minimum absolute atomic E-state index is 0.172. The molecule has 0 radical (unpaired) electrons. The molecule has 2 aromatic heterocycles. The van der Waals surface area contributed by atoms with Crippen LogP contribution in [0.15, 0.2) is 42.9 Å². The lowest BCUT2D eigenvalue weighted by atomic mass is 10.1. The summed E-state index contributed by atoms with van der Waals surface area (Å²) in [5.74, 6) is -0.447. The van der Waals surface area contributed by atoms with Gasteiger partial charge in [-0.15, -0.1) is 0 Å². The van der Waals surface area contributed by atoms with E-state index in [1.807, 2.05) is 18.2 Å². The summed E-state index contributed by atoms with van der Waals surface area (Å²) >= 11 is 0. The first-order chi connectivity index (χ1) is 11.7. The Bertz CT molecular complexity index is 712. The largest absolute Gasteiger partial charge is 0.349 e. The first kappa shape index (κ1) is 16.1. The summed E-state index contributed by atoms with van der Waals surface area (Å²) in [4.78, 5) is 32.7. The Labute approximate surface area is 140 Å². The topological polar surface area (TPSA) is 84.0 Å². The number of hydrogen-bond acceptors (Lipinski definition) is 4. The smallest absolute Gasteiger partial charge is 0.253 e. The highest BCUT2D eigenvalue weighted by molar-refractivity contribution is 5.99. The quantitative estimate of drug-likeness (QED) is 0.882. The third-order valence-electron chi connectivity index (χ3n) is 4.11. The molecule has 24 heavy (non-hydrogen) atoms. The van der Waals surface area contributed by atoms with Crippen LogP contribution < -0.4 is 10.6 Å². The molecular formula is C18H20N4O2. The highest BCUT2D eigenvalue weighted by atomic mass is 16.2. The summed E-state index contributed by atoms with van der Waals surface area (Å²) in [7, 11) is 0. The van der Waals surface area contributed by atoms with Crippen LogP contribution in [0.5, 0.6) is 0 Å². The summed E-state index contributed by atoms with van der Waals surface area (Å²) in [5, 5.41) is 5.78. The van der Waals surface area contributed by atoms with Crippen LogP contribution in [0, 0.1) is 0 Å². The molecule has 1 aliphatic rings. The predicted octanol–water partition coefficient (Wildman–Crippen LogP) is 2.08. The molecule has 1 saturated carbocycles. The normalized spacial score (nSPS) is 14.3. The molecule has 0 aliphatic heterocycles. The zero-order valence-electron chi connectivity index (χ0n) is 13.4. The number of rotatable bonds is 5. The number of amides is 2. The second-order valence-corrected chi connectivity index (χ2v) is 5.92. The first-order valence-corrected chi connectivity index (χ1v) is 8.16. The van der Waals surface area contributed by atoms with Crippen LogP contribution in [0.25, 0.3) is 0 Å². The molecule has 3 rings (SSSR count). The Hall–Kier alpha value is -2.76. The van der Waals surface area contributed by atoms with Gasteiger partial charge in [-0.25, -0.2) is 0 Å². The SMILES string of the molecule is O=C(NCc1ccccn1)c1cncc(C(=O)NC2CCCC2)c1. The molecule has 6 nitrogen and oxygen atoms in total. The number of carbonyl (C=O) groups excluding carboxylic acids is 2. The third-order valence-corrected chi connectivity index (χ3v) is 4.11. The summed E-state index contributed by atoms with van der Waals surface area (Å²) in [5.41, 5.74) is 1.55. The van der Waals surface area contributed by atoms with Gasteiger partial charge in [0.1, 0.15) is 0 Å². The van der Waals surface area contributed by atoms with Crippen molar-refractivity contribution in [3.63, 3.8) is 0 Å². The summed E-state index contributed by atoms with van der Waals surface area (Å²) < 4.78 is 0. The number of carbonyl (C=O) groups is 2. The van der Waals surface area contributed by atoms with E-state index in [4.69, 9.17) is 0 Å². The van der Waals surface area contributed by atoms with E-state index in [1.165, 1.54) is 12.4 Å². The molecule has 2 aromatic rings. The summed E-state index contributed by atoms with van der Waals surface area (Å²) in [6, 6.07) is 7.33. The molecule has 2 heterocycles. The minimum Gasteiger partial charge on any atom is -0.349 e. The maximum absolute atomic E-state index is 12.3. The Morgan fingerprint density at radius 1 is 1.08 bits per heavy atom. The van der Waals surface area contributed by atoms with Crippen molar-refractivity contribution in [3.05, 3.63) is 59.7 Å². The number of hydrogen-bond donors (Lipinski definition) is 2. The van der Waals surface area contributed by atoms with Crippen LogP contribution in [-0.2, 0) is 6.54 Å². The average molecular weight is 324 g/mol. The van der Waals surface area contributed by atoms with Crippen molar-refractivity contribution in [2.75, 3.05) is 0 Å². The molecule has 0 spiro atoms. The van der Waals surface area contributed by atoms with Gasteiger partial charge < -0.3 is 10.6 Å². The lowest BCUT2D eigenvalue weighted by molar-refractivity contribution is 0.0937. The highest BCUT2D eigenvalue weighted by Gasteiger charge is 2.19. The van der Waals surface area contributed by atoms with Crippen LogP contribution in [0.4, 0.5) is 0 Å². The van der Waals surface area contributed by atoms with Gasteiger partial charge in [0, 0.05) is 24.6 Å². The number of pyridine rings is 2. The van der Waals surface area contributed by atoms with Gasteiger partial charge >= 0.3 is 0 Å². The van der Waals surface area contributed by atoms with E-state index in [0.717, 1.165) is 31.4 Å². The zero-order valence-corrected chi connectivity index (χ0v) is 13.4. The standard InChI is InChI=1S/C18H20N4O2/c23-17(21-12-16-7-3-4-8-20-16)13-9-14(11-19-10-13)18(24)22-15-5-1-2-6-15/h3-4,7-11,15H,1-2,5-6,12H2,(H,21,23)(H,22,24). The third kappa shape index (κ3) is 4.16. The Morgan fingerprint density at radius 2 is 1.83 bits per heavy atom.